The van der Waals surface area contributed by atoms with Gasteiger partial charge in [0.15, 0.2) is 0 Å². The Morgan fingerprint density at radius 2 is 0.740 bits per heavy atom. The Morgan fingerprint density at radius 1 is 0.351 bits per heavy atom. The Morgan fingerprint density at radius 3 is 1.16 bits per heavy atom. The molecule has 380 valence electrons. The Hall–Kier alpha value is -6.81. The fourth-order valence-electron chi connectivity index (χ4n) is 14.3. The van der Waals surface area contributed by atoms with Crippen molar-refractivity contribution < 1.29 is 0 Å². The van der Waals surface area contributed by atoms with Gasteiger partial charge in [-0.3, -0.25) is 0 Å². The summed E-state index contributed by atoms with van der Waals surface area (Å²) in [7, 11) is -2.06. The highest BCUT2D eigenvalue weighted by atomic mass is 28.3. The van der Waals surface area contributed by atoms with Crippen LogP contribution in [0.4, 0.5) is 34.1 Å². The lowest BCUT2D eigenvalue weighted by molar-refractivity contribution is 0.590. The quantitative estimate of drug-likeness (QED) is 0.129. The van der Waals surface area contributed by atoms with Gasteiger partial charge < -0.3 is 9.80 Å². The molecule has 0 amide bonds. The second-order valence-corrected chi connectivity index (χ2v) is 33.7. The van der Waals surface area contributed by atoms with Crippen LogP contribution in [-0.4, -0.2) is 21.5 Å². The summed E-state index contributed by atoms with van der Waals surface area (Å²) in [5.74, 6) is 0. The molecule has 2 nitrogen and oxygen atoms in total. The van der Waals surface area contributed by atoms with Gasteiger partial charge >= 0.3 is 0 Å². The van der Waals surface area contributed by atoms with Crippen molar-refractivity contribution in [2.24, 2.45) is 0 Å². The molecule has 0 unspecified atom stereocenters. The normalized spacial score (nSPS) is 14.6. The topological polar surface area (TPSA) is 6.48 Å². The van der Waals surface area contributed by atoms with Crippen molar-refractivity contribution in [3.05, 3.63) is 173 Å². The highest BCUT2D eigenvalue weighted by molar-refractivity contribution is 7.03. The van der Waals surface area contributed by atoms with Gasteiger partial charge in [0.05, 0.1) is 8.07 Å². The Labute approximate surface area is 460 Å². The van der Waals surface area contributed by atoms with E-state index in [1.165, 1.54) is 149 Å². The van der Waals surface area contributed by atoms with Crippen molar-refractivity contribution in [1.82, 2.24) is 0 Å². The third-order valence-corrected chi connectivity index (χ3v) is 20.4. The lowest BCUT2D eigenvalue weighted by atomic mass is 9.31. The van der Waals surface area contributed by atoms with Crippen molar-refractivity contribution in [2.75, 3.05) is 9.80 Å². The Balaban J connectivity index is 1.17. The van der Waals surface area contributed by atoms with Gasteiger partial charge in [-0.15, -0.1) is 0 Å². The zero-order chi connectivity index (χ0) is 53.9. The first kappa shape index (κ1) is 48.6. The summed E-state index contributed by atoms with van der Waals surface area (Å²) >= 11 is 0. The first-order valence-electron chi connectivity index (χ1n) is 28.5. The van der Waals surface area contributed by atoms with E-state index >= 15 is 0 Å². The molecule has 0 radical (unpaired) electrons. The molecule has 0 bridgehead atoms. The van der Waals surface area contributed by atoms with E-state index in [1.54, 1.807) is 5.19 Å². The van der Waals surface area contributed by atoms with Gasteiger partial charge in [-0.25, -0.2) is 0 Å². The van der Waals surface area contributed by atoms with E-state index in [1.807, 2.05) is 0 Å². The summed E-state index contributed by atoms with van der Waals surface area (Å²) in [6.45, 7) is 38.8. The van der Waals surface area contributed by atoms with Crippen LogP contribution in [0.15, 0.2) is 146 Å². The van der Waals surface area contributed by atoms with Crippen LogP contribution in [0.3, 0.4) is 0 Å². The standard InChI is InChI=1S/C72H72B2N2Si/c1-41-31-49-51-32-44(71(8,9)10)36-60-67(51)74(55-30-28-43(70(5,6)7)35-59(55)75(60)46-23-19-17-20-24-46)57-39-53-62(77(14,15)16)40-50-52-33-45(72(11,12)13)37-61-68(52)73(56-38-48(41)65(63(49)57)66(53)64(50)56)54-29-27-42(69(2,3)4)34-58(54)76(61)47-25-21-18-22-26-47/h17-40H,1-16H3. The number of nitrogens with zero attached hydrogens (tertiary/aromatic N) is 2. The van der Waals surface area contributed by atoms with Crippen LogP contribution in [0.5, 0.6) is 0 Å². The minimum absolute atomic E-state index is 0.0224. The first-order chi connectivity index (χ1) is 36.3. The molecular formula is C72H72B2N2Si. The van der Waals surface area contributed by atoms with Crippen molar-refractivity contribution in [3.63, 3.8) is 0 Å². The van der Waals surface area contributed by atoms with Gasteiger partial charge in [0.2, 0.25) is 13.4 Å². The lowest BCUT2D eigenvalue weighted by Crippen LogP contribution is -2.60. The number of hydrogen-bond donors (Lipinski definition) is 0. The van der Waals surface area contributed by atoms with Gasteiger partial charge in [-0.1, -0.05) is 216 Å². The fourth-order valence-corrected chi connectivity index (χ4v) is 15.9. The molecular weight excluding hydrogens is 943 g/mol. The number of benzene rings is 10. The van der Waals surface area contributed by atoms with Crippen molar-refractivity contribution >= 4 is 126 Å². The first-order valence-corrected chi connectivity index (χ1v) is 32.0. The van der Waals surface area contributed by atoms with Crippen LogP contribution in [-0.2, 0) is 21.7 Å². The second kappa shape index (κ2) is 15.7. The van der Waals surface area contributed by atoms with Crippen LogP contribution >= 0.6 is 0 Å². The predicted molar refractivity (Wildman–Crippen MR) is 342 cm³/mol. The highest BCUT2D eigenvalue weighted by Gasteiger charge is 2.47. The summed E-state index contributed by atoms with van der Waals surface area (Å²) in [4.78, 5) is 5.24. The number of para-hydroxylation sites is 2. The maximum atomic E-state index is 2.75. The largest absolute Gasteiger partial charge is 0.311 e. The van der Waals surface area contributed by atoms with Gasteiger partial charge in [0, 0.05) is 34.1 Å². The average Bonchev–Trinajstić information content (AvgIpc) is 2.95. The molecule has 10 aromatic carbocycles. The average molecular weight is 1020 g/mol. The van der Waals surface area contributed by atoms with Gasteiger partial charge in [-0.05, 0) is 181 Å². The van der Waals surface area contributed by atoms with Crippen LogP contribution in [0, 0.1) is 6.92 Å². The highest BCUT2D eigenvalue weighted by Crippen LogP contribution is 2.51. The van der Waals surface area contributed by atoms with Gasteiger partial charge in [0.25, 0.3) is 0 Å². The molecule has 4 aliphatic heterocycles. The minimum Gasteiger partial charge on any atom is -0.311 e. The van der Waals surface area contributed by atoms with E-state index in [0.29, 0.717) is 0 Å². The zero-order valence-corrected chi connectivity index (χ0v) is 49.4. The SMILES string of the molecule is Cc1cc2c3c(cc4c([Si](C)(C)C)cc5c6c(cc1c3c46)B1c3ccc(C(C)(C)C)cc3N(c3ccccc3)c3cc(C(C)(C)C)cc-5c31)B1c3ccc(C(C)(C)C)cc3N(c3ccccc3)c3cc(C(C)(C)C)cc-2c31. The lowest BCUT2D eigenvalue weighted by Gasteiger charge is -2.44. The minimum atomic E-state index is -2.06. The van der Waals surface area contributed by atoms with Crippen LogP contribution in [0.25, 0.3) is 54.6 Å². The van der Waals surface area contributed by atoms with Gasteiger partial charge in [-0.2, -0.15) is 0 Å². The Kier molecular flexibility index (Phi) is 9.89. The molecule has 5 heteroatoms. The second-order valence-electron chi connectivity index (χ2n) is 28.7. The number of aryl methyl sites for hydroxylation is 1. The molecule has 0 saturated heterocycles. The molecule has 4 aliphatic rings. The number of anilines is 6. The van der Waals surface area contributed by atoms with E-state index in [-0.39, 0.29) is 35.1 Å². The zero-order valence-electron chi connectivity index (χ0n) is 48.4. The van der Waals surface area contributed by atoms with Crippen LogP contribution in [0.1, 0.15) is 111 Å². The molecule has 10 aromatic rings. The fraction of sp³-hybridized carbons (Fsp3) is 0.278. The van der Waals surface area contributed by atoms with E-state index in [0.717, 1.165) is 0 Å². The molecule has 4 heterocycles. The summed E-state index contributed by atoms with van der Waals surface area (Å²) in [6.07, 6.45) is 0. The van der Waals surface area contributed by atoms with Gasteiger partial charge in [0.1, 0.15) is 0 Å². The molecule has 0 saturated carbocycles. The third kappa shape index (κ3) is 6.87. The molecule has 0 fully saturated rings. The van der Waals surface area contributed by atoms with Crippen LogP contribution < -0.4 is 47.8 Å². The smallest absolute Gasteiger partial charge is 0.248 e. The van der Waals surface area contributed by atoms with E-state index in [2.05, 4.69) is 265 Å². The monoisotopic (exact) mass is 1010 g/mol. The molecule has 0 aliphatic carbocycles. The molecule has 0 aromatic heterocycles. The van der Waals surface area contributed by atoms with E-state index in [9.17, 15) is 0 Å². The van der Waals surface area contributed by atoms with Crippen LogP contribution in [0.2, 0.25) is 19.6 Å². The summed E-state index contributed by atoms with van der Waals surface area (Å²) in [5, 5.41) is 10.2. The maximum absolute atomic E-state index is 2.75. The van der Waals surface area contributed by atoms with Crippen molar-refractivity contribution in [2.45, 2.75) is 131 Å². The molecule has 77 heavy (non-hydrogen) atoms. The summed E-state index contributed by atoms with van der Waals surface area (Å²) in [5.41, 5.74) is 28.4. The number of fused-ring (bicyclic) bond motifs is 8. The van der Waals surface area contributed by atoms with Crippen molar-refractivity contribution in [1.29, 1.82) is 0 Å². The molecule has 0 N–H and O–H groups in total. The molecule has 14 rings (SSSR count). The Bertz CT molecular complexity index is 4190. The third-order valence-electron chi connectivity index (χ3n) is 18.4. The number of rotatable bonds is 3. The summed E-state index contributed by atoms with van der Waals surface area (Å²) < 4.78 is 0. The molecule has 0 atom stereocenters. The predicted octanol–water partition coefficient (Wildman–Crippen LogP) is 15.2. The maximum Gasteiger partial charge on any atom is 0.248 e. The van der Waals surface area contributed by atoms with Crippen molar-refractivity contribution in [3.8, 4) is 22.3 Å². The van der Waals surface area contributed by atoms with E-state index in [4.69, 9.17) is 0 Å². The summed E-state index contributed by atoms with van der Waals surface area (Å²) in [6, 6.07) is 58.4. The number of hydrogen-bond acceptors (Lipinski definition) is 2. The molecule has 0 spiro atoms. The van der Waals surface area contributed by atoms with E-state index < -0.39 is 8.07 Å².